The average molecular weight is 323 g/mol. The zero-order valence-electron chi connectivity index (χ0n) is 14.2. The van der Waals surface area contributed by atoms with Crippen LogP contribution in [0.2, 0.25) is 0 Å². The lowest BCUT2D eigenvalue weighted by molar-refractivity contribution is -0.104. The standard InChI is InChI=1S/C20H25N3O/c1-15-10-11-21-19(22-15)20(24)12-17-8-5-9-18(13-20)23(17)14-16-6-3-2-4-7-16/h2-4,6-7,10-11,17-18,24H,5,8-9,12-14H2,1H3. The number of aliphatic hydroxyl groups is 1. The maximum atomic E-state index is 11.3. The minimum atomic E-state index is -0.880. The second kappa shape index (κ2) is 6.26. The van der Waals surface area contributed by atoms with E-state index in [0.717, 1.165) is 37.9 Å². The molecule has 2 saturated heterocycles. The normalized spacial score (nSPS) is 30.2. The van der Waals surface area contributed by atoms with Gasteiger partial charge in [-0.05, 0) is 44.2 Å². The maximum Gasteiger partial charge on any atom is 0.160 e. The fourth-order valence-corrected chi connectivity index (χ4v) is 4.43. The molecule has 2 aliphatic heterocycles. The summed E-state index contributed by atoms with van der Waals surface area (Å²) in [4.78, 5) is 11.5. The summed E-state index contributed by atoms with van der Waals surface area (Å²) in [5.41, 5.74) is 1.39. The molecule has 1 aromatic carbocycles. The van der Waals surface area contributed by atoms with Crippen LogP contribution in [0.4, 0.5) is 0 Å². The quantitative estimate of drug-likeness (QED) is 0.942. The zero-order chi connectivity index (χ0) is 16.6. The fraction of sp³-hybridized carbons (Fsp3) is 0.500. The van der Waals surface area contributed by atoms with Gasteiger partial charge in [0.1, 0.15) is 5.60 Å². The van der Waals surface area contributed by atoms with E-state index in [2.05, 4.69) is 45.2 Å². The third-order valence-electron chi connectivity index (χ3n) is 5.58. The molecular formula is C20H25N3O. The number of fused-ring (bicyclic) bond motifs is 2. The first kappa shape index (κ1) is 15.7. The van der Waals surface area contributed by atoms with Crippen molar-refractivity contribution >= 4 is 0 Å². The summed E-state index contributed by atoms with van der Waals surface area (Å²) >= 11 is 0. The molecule has 4 rings (SSSR count). The Labute approximate surface area is 143 Å². The highest BCUT2D eigenvalue weighted by atomic mass is 16.3. The molecule has 3 heterocycles. The Kier molecular flexibility index (Phi) is 4.10. The van der Waals surface area contributed by atoms with Crippen LogP contribution in [0.1, 0.15) is 49.2 Å². The SMILES string of the molecule is Cc1ccnc(C2(O)CC3CCCC(C2)N3Cc2ccccc2)n1. The molecule has 1 N–H and O–H groups in total. The summed E-state index contributed by atoms with van der Waals surface area (Å²) < 4.78 is 0. The van der Waals surface area contributed by atoms with Crippen LogP contribution in [0.3, 0.4) is 0 Å². The van der Waals surface area contributed by atoms with Crippen molar-refractivity contribution < 1.29 is 5.11 Å². The van der Waals surface area contributed by atoms with E-state index in [1.807, 2.05) is 13.0 Å². The molecule has 4 heteroatoms. The topological polar surface area (TPSA) is 49.3 Å². The van der Waals surface area contributed by atoms with Crippen LogP contribution in [0.15, 0.2) is 42.6 Å². The Bertz CT molecular complexity index is 689. The Morgan fingerprint density at radius 3 is 2.50 bits per heavy atom. The second-order valence-electron chi connectivity index (χ2n) is 7.36. The molecule has 24 heavy (non-hydrogen) atoms. The molecule has 1 aromatic heterocycles. The van der Waals surface area contributed by atoms with Gasteiger partial charge in [-0.1, -0.05) is 36.8 Å². The summed E-state index contributed by atoms with van der Waals surface area (Å²) in [6, 6.07) is 13.4. The van der Waals surface area contributed by atoms with E-state index in [1.165, 1.54) is 12.0 Å². The highest BCUT2D eigenvalue weighted by Crippen LogP contribution is 2.43. The van der Waals surface area contributed by atoms with Gasteiger partial charge >= 0.3 is 0 Å². The maximum absolute atomic E-state index is 11.3. The minimum absolute atomic E-state index is 0.409. The van der Waals surface area contributed by atoms with Gasteiger partial charge in [0.15, 0.2) is 5.82 Å². The Morgan fingerprint density at radius 1 is 1.12 bits per heavy atom. The predicted molar refractivity (Wildman–Crippen MR) is 93.3 cm³/mol. The average Bonchev–Trinajstić information content (AvgIpc) is 2.57. The van der Waals surface area contributed by atoms with Gasteiger partial charge in [0.2, 0.25) is 0 Å². The van der Waals surface area contributed by atoms with Crippen molar-refractivity contribution in [3.63, 3.8) is 0 Å². The zero-order valence-corrected chi connectivity index (χ0v) is 14.2. The molecule has 2 atom stereocenters. The predicted octanol–water partition coefficient (Wildman–Crippen LogP) is 3.19. The molecule has 4 nitrogen and oxygen atoms in total. The Balaban J connectivity index is 1.58. The van der Waals surface area contributed by atoms with Gasteiger partial charge in [0.25, 0.3) is 0 Å². The highest BCUT2D eigenvalue weighted by Gasteiger charge is 2.47. The van der Waals surface area contributed by atoms with Gasteiger partial charge < -0.3 is 5.11 Å². The molecule has 0 aliphatic carbocycles. The third-order valence-corrected chi connectivity index (χ3v) is 5.58. The molecular weight excluding hydrogens is 298 g/mol. The summed E-state index contributed by atoms with van der Waals surface area (Å²) in [5.74, 6) is 0.610. The van der Waals surface area contributed by atoms with Crippen LogP contribution >= 0.6 is 0 Å². The molecule has 126 valence electrons. The third kappa shape index (κ3) is 2.96. The van der Waals surface area contributed by atoms with Crippen LogP contribution in [-0.4, -0.2) is 32.1 Å². The van der Waals surface area contributed by atoms with E-state index in [-0.39, 0.29) is 0 Å². The van der Waals surface area contributed by atoms with Crippen LogP contribution in [0.5, 0.6) is 0 Å². The van der Waals surface area contributed by atoms with Crippen molar-refractivity contribution in [3.05, 3.63) is 59.7 Å². The second-order valence-corrected chi connectivity index (χ2v) is 7.36. The number of hydrogen-bond donors (Lipinski definition) is 1. The van der Waals surface area contributed by atoms with E-state index in [9.17, 15) is 5.11 Å². The number of piperidine rings is 2. The Morgan fingerprint density at radius 2 is 1.83 bits per heavy atom. The van der Waals surface area contributed by atoms with Gasteiger partial charge in [0, 0.05) is 30.5 Å². The molecule has 2 fully saturated rings. The first-order valence-corrected chi connectivity index (χ1v) is 8.96. The minimum Gasteiger partial charge on any atom is -0.382 e. The van der Waals surface area contributed by atoms with Crippen LogP contribution in [0, 0.1) is 6.92 Å². The molecule has 2 aliphatic rings. The van der Waals surface area contributed by atoms with Crippen molar-refractivity contribution in [2.24, 2.45) is 0 Å². The van der Waals surface area contributed by atoms with Crippen LogP contribution in [-0.2, 0) is 12.1 Å². The van der Waals surface area contributed by atoms with Gasteiger partial charge in [-0.15, -0.1) is 0 Å². The number of aryl methyl sites for hydroxylation is 1. The van der Waals surface area contributed by atoms with Gasteiger partial charge in [-0.25, -0.2) is 9.97 Å². The number of rotatable bonds is 3. The number of benzene rings is 1. The molecule has 2 bridgehead atoms. The molecule has 2 aromatic rings. The summed E-state index contributed by atoms with van der Waals surface area (Å²) in [7, 11) is 0. The van der Waals surface area contributed by atoms with Gasteiger partial charge in [0.05, 0.1) is 0 Å². The van der Waals surface area contributed by atoms with E-state index < -0.39 is 5.60 Å². The summed E-state index contributed by atoms with van der Waals surface area (Å²) in [6.45, 7) is 2.93. The van der Waals surface area contributed by atoms with Crippen LogP contribution in [0.25, 0.3) is 0 Å². The van der Waals surface area contributed by atoms with Crippen molar-refractivity contribution in [1.29, 1.82) is 0 Å². The number of nitrogens with zero attached hydrogens (tertiary/aromatic N) is 3. The largest absolute Gasteiger partial charge is 0.382 e. The van der Waals surface area contributed by atoms with Crippen molar-refractivity contribution in [2.75, 3.05) is 0 Å². The van der Waals surface area contributed by atoms with Crippen molar-refractivity contribution in [3.8, 4) is 0 Å². The lowest BCUT2D eigenvalue weighted by atomic mass is 9.75. The molecule has 0 amide bonds. The molecule has 0 spiro atoms. The smallest absolute Gasteiger partial charge is 0.160 e. The van der Waals surface area contributed by atoms with E-state index in [0.29, 0.717) is 17.9 Å². The summed E-state index contributed by atoms with van der Waals surface area (Å²) in [6.07, 6.45) is 6.79. The first-order valence-electron chi connectivity index (χ1n) is 8.96. The fourth-order valence-electron chi connectivity index (χ4n) is 4.43. The van der Waals surface area contributed by atoms with E-state index in [4.69, 9.17) is 0 Å². The van der Waals surface area contributed by atoms with E-state index in [1.54, 1.807) is 6.20 Å². The lowest BCUT2D eigenvalue weighted by Crippen LogP contribution is -2.56. The monoisotopic (exact) mass is 323 g/mol. The Hall–Kier alpha value is -1.78. The lowest BCUT2D eigenvalue weighted by Gasteiger charge is -2.51. The van der Waals surface area contributed by atoms with Gasteiger partial charge in [-0.3, -0.25) is 4.90 Å². The number of aromatic nitrogens is 2. The summed E-state index contributed by atoms with van der Waals surface area (Å²) in [5, 5.41) is 11.3. The van der Waals surface area contributed by atoms with E-state index >= 15 is 0 Å². The van der Waals surface area contributed by atoms with Crippen molar-refractivity contribution in [1.82, 2.24) is 14.9 Å². The van der Waals surface area contributed by atoms with Gasteiger partial charge in [-0.2, -0.15) is 0 Å². The molecule has 0 saturated carbocycles. The molecule has 0 radical (unpaired) electrons. The van der Waals surface area contributed by atoms with Crippen LogP contribution < -0.4 is 0 Å². The highest BCUT2D eigenvalue weighted by molar-refractivity contribution is 5.17. The number of hydrogen-bond acceptors (Lipinski definition) is 4. The first-order chi connectivity index (χ1) is 11.6. The molecule has 2 unspecified atom stereocenters. The van der Waals surface area contributed by atoms with Crippen molar-refractivity contribution in [2.45, 2.75) is 63.3 Å².